The molecule has 1 aromatic rings. The number of benzene rings is 1. The van der Waals surface area contributed by atoms with Crippen molar-refractivity contribution < 1.29 is 19.5 Å². The number of hydrogen-bond acceptors (Lipinski definition) is 3. The van der Waals surface area contributed by atoms with E-state index in [4.69, 9.17) is 5.11 Å². The Morgan fingerprint density at radius 1 is 1.29 bits per heavy atom. The Bertz CT molecular complexity index is 362. The molecule has 0 aromatic heterocycles. The Balaban J connectivity index is 3.07. The molecule has 0 bridgehead atoms. The van der Waals surface area contributed by atoms with E-state index in [0.29, 0.717) is 0 Å². The van der Waals surface area contributed by atoms with Crippen LogP contribution in [0.2, 0.25) is 0 Å². The summed E-state index contributed by atoms with van der Waals surface area (Å²) < 4.78 is 0. The molecule has 1 aromatic carbocycles. The van der Waals surface area contributed by atoms with Crippen molar-refractivity contribution in [2.24, 2.45) is 0 Å². The zero-order valence-corrected chi connectivity index (χ0v) is 7.48. The van der Waals surface area contributed by atoms with Crippen LogP contribution in [0, 0.1) is 0 Å². The highest BCUT2D eigenvalue weighted by atomic mass is 16.6. The molecule has 2 N–H and O–H groups in total. The van der Waals surface area contributed by atoms with E-state index >= 15 is 0 Å². The van der Waals surface area contributed by atoms with Crippen molar-refractivity contribution in [1.29, 1.82) is 0 Å². The SMILES string of the molecule is CONC(=O)c1ccccc1C(=O)O. The van der Waals surface area contributed by atoms with Crippen LogP contribution in [0.3, 0.4) is 0 Å². The van der Waals surface area contributed by atoms with Crippen LogP contribution >= 0.6 is 0 Å². The fourth-order valence-electron chi connectivity index (χ4n) is 1.02. The van der Waals surface area contributed by atoms with Gasteiger partial charge in [0.25, 0.3) is 5.91 Å². The van der Waals surface area contributed by atoms with Crippen molar-refractivity contribution in [2.45, 2.75) is 0 Å². The maximum Gasteiger partial charge on any atom is 0.336 e. The topological polar surface area (TPSA) is 75.6 Å². The van der Waals surface area contributed by atoms with Crippen LogP contribution in [0.4, 0.5) is 0 Å². The Labute approximate surface area is 80.3 Å². The van der Waals surface area contributed by atoms with Crippen molar-refractivity contribution in [1.82, 2.24) is 5.48 Å². The summed E-state index contributed by atoms with van der Waals surface area (Å²) >= 11 is 0. The summed E-state index contributed by atoms with van der Waals surface area (Å²) in [5.41, 5.74) is 2.07. The van der Waals surface area contributed by atoms with E-state index in [-0.39, 0.29) is 11.1 Å². The van der Waals surface area contributed by atoms with E-state index in [2.05, 4.69) is 10.3 Å². The van der Waals surface area contributed by atoms with Gasteiger partial charge in [-0.3, -0.25) is 9.63 Å². The van der Waals surface area contributed by atoms with Crippen molar-refractivity contribution in [2.75, 3.05) is 7.11 Å². The Kier molecular flexibility index (Phi) is 3.19. The Morgan fingerprint density at radius 2 is 1.86 bits per heavy atom. The van der Waals surface area contributed by atoms with Crippen LogP contribution in [-0.4, -0.2) is 24.1 Å². The maximum absolute atomic E-state index is 11.3. The highest BCUT2D eigenvalue weighted by molar-refractivity contribution is 6.04. The van der Waals surface area contributed by atoms with Gasteiger partial charge in [-0.1, -0.05) is 12.1 Å². The summed E-state index contributed by atoms with van der Waals surface area (Å²) in [6.45, 7) is 0. The van der Waals surface area contributed by atoms with Gasteiger partial charge in [-0.05, 0) is 12.1 Å². The predicted octanol–water partition coefficient (Wildman–Crippen LogP) is 0.676. The van der Waals surface area contributed by atoms with Crippen LogP contribution in [0.5, 0.6) is 0 Å². The number of carboxylic acid groups (broad SMARTS) is 1. The number of nitrogens with one attached hydrogen (secondary N) is 1. The highest BCUT2D eigenvalue weighted by Gasteiger charge is 2.14. The van der Waals surface area contributed by atoms with Gasteiger partial charge in [0.05, 0.1) is 18.2 Å². The first kappa shape index (κ1) is 10.2. The molecule has 0 fully saturated rings. The molecule has 0 atom stereocenters. The number of carbonyl (C=O) groups excluding carboxylic acids is 1. The number of aromatic carboxylic acids is 1. The molecule has 1 amide bonds. The molecule has 5 nitrogen and oxygen atoms in total. The molecule has 0 saturated carbocycles. The lowest BCUT2D eigenvalue weighted by molar-refractivity contribution is 0.0529. The number of hydrogen-bond donors (Lipinski definition) is 2. The summed E-state index contributed by atoms with van der Waals surface area (Å²) in [4.78, 5) is 26.4. The second-order valence-corrected chi connectivity index (χ2v) is 2.49. The minimum atomic E-state index is -1.15. The highest BCUT2D eigenvalue weighted by Crippen LogP contribution is 2.08. The molecule has 0 aliphatic carbocycles. The van der Waals surface area contributed by atoms with Crippen molar-refractivity contribution in [3.05, 3.63) is 35.4 Å². The molecular formula is C9H9NO4. The molecule has 0 aliphatic heterocycles. The standard InChI is InChI=1S/C9H9NO4/c1-14-10-8(11)6-4-2-3-5-7(6)9(12)13/h2-5H,1H3,(H,10,11)(H,12,13). The van der Waals surface area contributed by atoms with Gasteiger partial charge >= 0.3 is 5.97 Å². The van der Waals surface area contributed by atoms with Gasteiger partial charge in [-0.25, -0.2) is 10.3 Å². The first-order valence-corrected chi connectivity index (χ1v) is 3.82. The zero-order valence-electron chi connectivity index (χ0n) is 7.48. The zero-order chi connectivity index (χ0) is 10.6. The van der Waals surface area contributed by atoms with Crippen LogP contribution in [0.25, 0.3) is 0 Å². The van der Waals surface area contributed by atoms with Gasteiger partial charge in [0.15, 0.2) is 0 Å². The predicted molar refractivity (Wildman–Crippen MR) is 47.9 cm³/mol. The quantitative estimate of drug-likeness (QED) is 0.695. The van der Waals surface area contributed by atoms with Gasteiger partial charge in [0.2, 0.25) is 0 Å². The lowest BCUT2D eigenvalue weighted by Crippen LogP contribution is -2.24. The number of carbonyl (C=O) groups is 2. The molecule has 0 unspecified atom stereocenters. The summed E-state index contributed by atoms with van der Waals surface area (Å²) in [7, 11) is 1.28. The number of rotatable bonds is 3. The number of hydroxylamine groups is 1. The van der Waals surface area contributed by atoms with Crippen LogP contribution in [0.15, 0.2) is 24.3 Å². The minimum absolute atomic E-state index is 0.0537. The monoisotopic (exact) mass is 195 g/mol. The lowest BCUT2D eigenvalue weighted by Gasteiger charge is -2.04. The van der Waals surface area contributed by atoms with Gasteiger partial charge in [-0.2, -0.15) is 0 Å². The van der Waals surface area contributed by atoms with Crippen molar-refractivity contribution in [3.8, 4) is 0 Å². The molecule has 74 valence electrons. The van der Waals surface area contributed by atoms with E-state index in [1.165, 1.54) is 19.2 Å². The van der Waals surface area contributed by atoms with Gasteiger partial charge in [0.1, 0.15) is 0 Å². The van der Waals surface area contributed by atoms with Crippen molar-refractivity contribution in [3.63, 3.8) is 0 Å². The minimum Gasteiger partial charge on any atom is -0.478 e. The second-order valence-electron chi connectivity index (χ2n) is 2.49. The molecular weight excluding hydrogens is 186 g/mol. The van der Waals surface area contributed by atoms with Crippen LogP contribution in [-0.2, 0) is 4.84 Å². The van der Waals surface area contributed by atoms with Gasteiger partial charge in [0, 0.05) is 0 Å². The summed E-state index contributed by atoms with van der Waals surface area (Å²) in [5, 5.41) is 8.76. The summed E-state index contributed by atoms with van der Waals surface area (Å²) in [6.07, 6.45) is 0. The third-order valence-corrected chi connectivity index (χ3v) is 1.60. The van der Waals surface area contributed by atoms with Gasteiger partial charge < -0.3 is 5.11 Å². The fraction of sp³-hybridized carbons (Fsp3) is 0.111. The Morgan fingerprint density at radius 3 is 2.36 bits per heavy atom. The third-order valence-electron chi connectivity index (χ3n) is 1.60. The van der Waals surface area contributed by atoms with E-state index in [0.717, 1.165) is 0 Å². The second kappa shape index (κ2) is 4.38. The summed E-state index contributed by atoms with van der Waals surface area (Å²) in [5.74, 6) is -1.72. The molecule has 0 aliphatic rings. The molecule has 14 heavy (non-hydrogen) atoms. The Hall–Kier alpha value is -1.88. The van der Waals surface area contributed by atoms with Crippen LogP contribution < -0.4 is 5.48 Å². The number of carboxylic acids is 1. The van der Waals surface area contributed by atoms with E-state index in [9.17, 15) is 9.59 Å². The average molecular weight is 195 g/mol. The maximum atomic E-state index is 11.3. The van der Waals surface area contributed by atoms with Crippen molar-refractivity contribution >= 4 is 11.9 Å². The van der Waals surface area contributed by atoms with Crippen LogP contribution in [0.1, 0.15) is 20.7 Å². The van der Waals surface area contributed by atoms with E-state index in [1.807, 2.05) is 0 Å². The molecule has 0 radical (unpaired) electrons. The molecule has 0 heterocycles. The molecule has 0 spiro atoms. The molecule has 1 rings (SSSR count). The van der Waals surface area contributed by atoms with E-state index in [1.54, 1.807) is 12.1 Å². The number of amides is 1. The average Bonchev–Trinajstić information content (AvgIpc) is 2.18. The smallest absolute Gasteiger partial charge is 0.336 e. The summed E-state index contributed by atoms with van der Waals surface area (Å²) in [6, 6.07) is 5.90. The third kappa shape index (κ3) is 2.08. The van der Waals surface area contributed by atoms with E-state index < -0.39 is 11.9 Å². The fourth-order valence-corrected chi connectivity index (χ4v) is 1.02. The lowest BCUT2D eigenvalue weighted by atomic mass is 10.1. The first-order chi connectivity index (χ1) is 6.66. The largest absolute Gasteiger partial charge is 0.478 e. The molecule has 5 heteroatoms. The normalized spacial score (nSPS) is 9.50. The first-order valence-electron chi connectivity index (χ1n) is 3.82. The molecule has 0 saturated heterocycles. The van der Waals surface area contributed by atoms with Gasteiger partial charge in [-0.15, -0.1) is 0 Å².